The molecule has 1 fully saturated rings. The monoisotopic (exact) mass is 551 g/mol. The Hall–Kier alpha value is -2.23. The molecule has 1 aromatic carbocycles. The summed E-state index contributed by atoms with van der Waals surface area (Å²) in [5.74, 6) is -4.58. The van der Waals surface area contributed by atoms with Gasteiger partial charge in [0.15, 0.2) is 29.8 Å². The van der Waals surface area contributed by atoms with E-state index in [2.05, 4.69) is 26.2 Å². The number of aromatic nitrogens is 4. The second-order valence-electron chi connectivity index (χ2n) is 6.94. The number of hydrogen-bond acceptors (Lipinski definition) is 8. The van der Waals surface area contributed by atoms with Crippen molar-refractivity contribution < 1.29 is 42.1 Å². The molecule has 33 heavy (non-hydrogen) atoms. The van der Waals surface area contributed by atoms with Crippen molar-refractivity contribution in [2.24, 2.45) is 0 Å². The lowest BCUT2D eigenvalue weighted by Crippen LogP contribution is -2.55. The fourth-order valence-electron chi connectivity index (χ4n) is 3.27. The molecule has 3 aromatic rings. The molecule has 2 aromatic heterocycles. The van der Waals surface area contributed by atoms with E-state index in [4.69, 9.17) is 8.85 Å². The molecule has 176 valence electrons. The lowest BCUT2D eigenvalue weighted by atomic mass is 9.97. The van der Waals surface area contributed by atoms with E-state index in [1.807, 2.05) is 0 Å². The van der Waals surface area contributed by atoms with Crippen molar-refractivity contribution >= 4 is 27.7 Å². The number of rotatable bonds is 5. The summed E-state index contributed by atoms with van der Waals surface area (Å²) in [4.78, 5) is -0.250. The predicted molar refractivity (Wildman–Crippen MR) is 111 cm³/mol. The minimum Gasteiger partial charge on any atom is -0.619 e. The molecule has 1 saturated heterocycles. The van der Waals surface area contributed by atoms with Crippen molar-refractivity contribution in [2.45, 2.75) is 34.7 Å². The molecule has 4 rings (SSSR count). The second kappa shape index (κ2) is 9.56. The molecule has 0 unspecified atom stereocenters. The van der Waals surface area contributed by atoms with Gasteiger partial charge < -0.3 is 25.3 Å². The molecule has 0 bridgehead atoms. The Balaban J connectivity index is 1.69. The Bertz CT molecular complexity index is 1270. The van der Waals surface area contributed by atoms with E-state index in [9.17, 15) is 33.7 Å². The first-order valence-electron chi connectivity index (χ1n) is 10.7. The summed E-state index contributed by atoms with van der Waals surface area (Å²) in [6.07, 6.45) is -4.75. The van der Waals surface area contributed by atoms with Gasteiger partial charge in [-0.15, -0.1) is 5.10 Å². The third kappa shape index (κ3) is 4.85. The largest absolute Gasteiger partial charge is 0.619 e. The van der Waals surface area contributed by atoms with Crippen LogP contribution in [-0.4, -0.2) is 60.7 Å². The van der Waals surface area contributed by atoms with Crippen LogP contribution < -0.4 is 4.73 Å². The summed E-state index contributed by atoms with van der Waals surface area (Å²) in [7, 11) is 0. The highest BCUT2D eigenvalue weighted by Gasteiger charge is 2.46. The molecule has 0 saturated carbocycles. The van der Waals surface area contributed by atoms with Gasteiger partial charge in [0.2, 0.25) is 0 Å². The molecule has 1 aliphatic rings. The fourth-order valence-corrected chi connectivity index (χ4v) is 4.79. The summed E-state index contributed by atoms with van der Waals surface area (Å²) in [5, 5.41) is 51.0. The van der Waals surface area contributed by atoms with Crippen molar-refractivity contribution in [1.82, 2.24) is 15.0 Å². The molecule has 14 heteroatoms. The van der Waals surface area contributed by atoms with Gasteiger partial charge in [0.05, 0.1) is 23.5 Å². The minimum absolute atomic E-state index is 0.0415. The molecule has 5 atom stereocenters. The molecular formula is C19H16BrF3N4O5S. The van der Waals surface area contributed by atoms with Gasteiger partial charge in [-0.1, -0.05) is 17.0 Å². The Morgan fingerprint density at radius 2 is 1.94 bits per heavy atom. The number of hydrogen-bond donors (Lipinski definition) is 3. The molecule has 0 amide bonds. The smallest absolute Gasteiger partial charge is 0.194 e. The van der Waals surface area contributed by atoms with Gasteiger partial charge in [-0.3, -0.25) is 0 Å². The van der Waals surface area contributed by atoms with E-state index >= 15 is 0 Å². The van der Waals surface area contributed by atoms with Gasteiger partial charge in [0.1, 0.15) is 38.2 Å². The number of aliphatic hydroxyl groups excluding tert-OH is 3. The van der Waals surface area contributed by atoms with Crippen LogP contribution in [0.15, 0.2) is 46.1 Å². The van der Waals surface area contributed by atoms with E-state index < -0.39 is 66.2 Å². The van der Waals surface area contributed by atoms with E-state index in [1.165, 1.54) is 0 Å². The number of ether oxygens (including phenoxy) is 1. The summed E-state index contributed by atoms with van der Waals surface area (Å²) >= 11 is 3.53. The van der Waals surface area contributed by atoms with Crippen molar-refractivity contribution in [2.75, 3.05) is 6.61 Å². The van der Waals surface area contributed by atoms with Crippen molar-refractivity contribution in [3.63, 3.8) is 0 Å². The Morgan fingerprint density at radius 1 is 1.24 bits per heavy atom. The molecule has 3 N–H and O–H groups in total. The molecule has 0 aliphatic carbocycles. The number of benzene rings is 1. The Labute approximate surface area is 201 Å². The summed E-state index contributed by atoms with van der Waals surface area (Å²) in [6.45, 7) is -0.713. The average Bonchev–Trinajstić information content (AvgIpc) is 3.33. The van der Waals surface area contributed by atoms with Crippen LogP contribution in [0.1, 0.15) is 10.2 Å². The maximum Gasteiger partial charge on any atom is 0.194 e. The van der Waals surface area contributed by atoms with Gasteiger partial charge in [-0.25, -0.2) is 17.9 Å². The standard InChI is InChI=1S/C19H16BrF3N4O5S/c20-9-3-10(5-26(31)4-9)33-19-18(30)16(17(29)14(7-28)32-19)27-6-13(24-25-27)8-1-11(21)15(23)12(22)2-8/h1-6,14,16-19,28-30H,7H2/t14-,16+,17+,18-,19-/m1/s1/i3D,4D,5D. The quantitative estimate of drug-likeness (QED) is 0.247. The number of aliphatic hydroxyl groups is 3. The van der Waals surface area contributed by atoms with Crippen LogP contribution in [0.4, 0.5) is 13.2 Å². The zero-order chi connectivity index (χ0) is 26.5. The van der Waals surface area contributed by atoms with Crippen molar-refractivity contribution in [3.8, 4) is 11.3 Å². The SMILES string of the molecule is [2H]c1c(Br)c([2H])[n+]([O-])c([2H])c1S[C@H]1O[C@H](CO)[C@H](O)[C@H](n2cc(-c3cc(F)c(F)c(F)c3)nn2)[C@H]1O. The lowest BCUT2D eigenvalue weighted by molar-refractivity contribution is -0.608. The summed E-state index contributed by atoms with van der Waals surface area (Å²) < 4.78 is 70.6. The van der Waals surface area contributed by atoms with Crippen LogP contribution in [0.2, 0.25) is 0 Å². The number of nitrogens with zero attached hydrogens (tertiary/aromatic N) is 4. The normalized spacial score (nSPS) is 26.6. The minimum atomic E-state index is -1.67. The topological polar surface area (TPSA) is 128 Å². The van der Waals surface area contributed by atoms with Crippen molar-refractivity contribution in [3.05, 3.63) is 63.8 Å². The van der Waals surface area contributed by atoms with E-state index in [-0.39, 0.29) is 31.4 Å². The maximum atomic E-state index is 13.6. The van der Waals surface area contributed by atoms with Crippen molar-refractivity contribution in [1.29, 1.82) is 0 Å². The van der Waals surface area contributed by atoms with E-state index in [0.29, 0.717) is 23.9 Å². The van der Waals surface area contributed by atoms with Gasteiger partial charge >= 0.3 is 0 Å². The Kier molecular flexibility index (Phi) is 5.84. The second-order valence-corrected chi connectivity index (χ2v) is 8.84. The average molecular weight is 552 g/mol. The van der Waals surface area contributed by atoms with Crippen LogP contribution in [0.5, 0.6) is 0 Å². The fraction of sp³-hybridized carbons (Fsp3) is 0.316. The number of thioether (sulfide) groups is 1. The van der Waals surface area contributed by atoms with E-state index in [0.717, 1.165) is 10.9 Å². The first kappa shape index (κ1) is 20.2. The molecule has 0 spiro atoms. The molecule has 9 nitrogen and oxygen atoms in total. The van der Waals surface area contributed by atoms with E-state index in [1.54, 1.807) is 0 Å². The first-order chi connectivity index (χ1) is 17.0. The number of pyridine rings is 1. The number of halogens is 4. The summed E-state index contributed by atoms with van der Waals surface area (Å²) in [5.41, 5.74) is -1.63. The van der Waals surface area contributed by atoms with Gasteiger partial charge in [-0.05, 0) is 34.1 Å². The van der Waals surface area contributed by atoms with Gasteiger partial charge in [0.25, 0.3) is 0 Å². The van der Waals surface area contributed by atoms with Crippen LogP contribution in [0.3, 0.4) is 0 Å². The lowest BCUT2D eigenvalue weighted by Gasteiger charge is -2.41. The highest BCUT2D eigenvalue weighted by atomic mass is 79.9. The van der Waals surface area contributed by atoms with Gasteiger partial charge in [-0.2, -0.15) is 4.73 Å². The van der Waals surface area contributed by atoms with Crippen LogP contribution in [0, 0.1) is 22.7 Å². The molecular weight excluding hydrogens is 533 g/mol. The highest BCUT2D eigenvalue weighted by Crippen LogP contribution is 2.38. The predicted octanol–water partition coefficient (Wildman–Crippen LogP) is 1.53. The third-order valence-corrected chi connectivity index (χ3v) is 6.23. The molecule has 1 aliphatic heterocycles. The first-order valence-corrected chi connectivity index (χ1v) is 10.9. The van der Waals surface area contributed by atoms with Crippen LogP contribution in [-0.2, 0) is 4.74 Å². The zero-order valence-electron chi connectivity index (χ0n) is 19.2. The van der Waals surface area contributed by atoms with Gasteiger partial charge in [0, 0.05) is 5.56 Å². The highest BCUT2D eigenvalue weighted by molar-refractivity contribution is 9.10. The summed E-state index contributed by atoms with van der Waals surface area (Å²) in [6, 6.07) is -0.344. The third-order valence-electron chi connectivity index (χ3n) is 4.80. The maximum absolute atomic E-state index is 13.6. The Morgan fingerprint density at radius 3 is 2.61 bits per heavy atom. The van der Waals surface area contributed by atoms with Crippen LogP contribution in [0.25, 0.3) is 11.3 Å². The zero-order valence-corrected chi connectivity index (χ0v) is 18.6. The van der Waals surface area contributed by atoms with Crippen LogP contribution >= 0.6 is 27.7 Å². The molecule has 3 heterocycles. The molecule has 0 radical (unpaired) electrons.